The Labute approximate surface area is 98.3 Å². The van der Waals surface area contributed by atoms with Crippen molar-refractivity contribution in [2.24, 2.45) is 5.73 Å². The fourth-order valence-electron chi connectivity index (χ4n) is 1.28. The van der Waals surface area contributed by atoms with Gasteiger partial charge in [-0.3, -0.25) is 0 Å². The molecule has 0 aliphatic heterocycles. The largest absolute Gasteiger partial charge is 0.478 e. The van der Waals surface area contributed by atoms with Crippen molar-refractivity contribution >= 4 is 24.3 Å². The van der Waals surface area contributed by atoms with Gasteiger partial charge < -0.3 is 15.9 Å². The molecule has 16 heavy (non-hydrogen) atoms. The highest BCUT2D eigenvalue weighted by molar-refractivity contribution is 6.01. The third-order valence-corrected chi connectivity index (χ3v) is 1.98. The van der Waals surface area contributed by atoms with E-state index < -0.39 is 11.9 Å². The molecule has 0 unspecified atom stereocenters. The monoisotopic (exact) mass is 245 g/mol. The molecule has 0 heterocycles. The van der Waals surface area contributed by atoms with E-state index in [0.29, 0.717) is 13.0 Å². The lowest BCUT2D eigenvalue weighted by atomic mass is 10.0. The lowest BCUT2D eigenvalue weighted by Gasteiger charge is -2.04. The van der Waals surface area contributed by atoms with E-state index in [1.165, 1.54) is 12.1 Å². The van der Waals surface area contributed by atoms with Gasteiger partial charge in [0.2, 0.25) is 0 Å². The summed E-state index contributed by atoms with van der Waals surface area (Å²) in [6.45, 7) is 0.394. The summed E-state index contributed by atoms with van der Waals surface area (Å²) in [5, 5.41) is 17.6. The van der Waals surface area contributed by atoms with Crippen molar-refractivity contribution in [2.75, 3.05) is 6.54 Å². The average molecular weight is 246 g/mol. The number of carbonyl (C=O) groups is 2. The molecule has 0 saturated heterocycles. The molecular weight excluding hydrogens is 234 g/mol. The molecule has 1 aromatic rings. The molecule has 4 N–H and O–H groups in total. The Bertz CT molecular complexity index is 406. The molecule has 0 spiro atoms. The van der Waals surface area contributed by atoms with Crippen LogP contribution in [-0.2, 0) is 6.42 Å². The van der Waals surface area contributed by atoms with Crippen LogP contribution in [0.3, 0.4) is 0 Å². The zero-order valence-electron chi connectivity index (χ0n) is 8.34. The maximum Gasteiger partial charge on any atom is 0.336 e. The first-order valence-corrected chi connectivity index (χ1v) is 4.36. The van der Waals surface area contributed by atoms with E-state index in [2.05, 4.69) is 0 Å². The van der Waals surface area contributed by atoms with Crippen LogP contribution in [0.2, 0.25) is 0 Å². The van der Waals surface area contributed by atoms with E-state index in [4.69, 9.17) is 15.9 Å². The molecule has 0 atom stereocenters. The third kappa shape index (κ3) is 3.22. The molecule has 0 saturated carbocycles. The minimum Gasteiger partial charge on any atom is -0.478 e. The number of benzene rings is 1. The molecule has 1 rings (SSSR count). The fraction of sp³-hybridized carbons (Fsp3) is 0.200. The van der Waals surface area contributed by atoms with Crippen molar-refractivity contribution in [1.29, 1.82) is 0 Å². The zero-order valence-corrected chi connectivity index (χ0v) is 9.16. The topological polar surface area (TPSA) is 101 Å². The molecule has 6 heteroatoms. The molecule has 88 valence electrons. The Hall–Kier alpha value is -1.59. The summed E-state index contributed by atoms with van der Waals surface area (Å²) >= 11 is 0. The van der Waals surface area contributed by atoms with Crippen molar-refractivity contribution in [1.82, 2.24) is 0 Å². The minimum atomic E-state index is -1.24. The van der Waals surface area contributed by atoms with Crippen LogP contribution in [0.1, 0.15) is 26.3 Å². The number of hydrogen-bond donors (Lipinski definition) is 3. The van der Waals surface area contributed by atoms with Crippen LogP contribution in [0.25, 0.3) is 0 Å². The van der Waals surface area contributed by atoms with Crippen molar-refractivity contribution in [3.8, 4) is 0 Å². The van der Waals surface area contributed by atoms with Crippen LogP contribution in [0.15, 0.2) is 18.2 Å². The fourth-order valence-corrected chi connectivity index (χ4v) is 1.28. The van der Waals surface area contributed by atoms with Gasteiger partial charge >= 0.3 is 11.9 Å². The van der Waals surface area contributed by atoms with Gasteiger partial charge in [0, 0.05) is 0 Å². The van der Waals surface area contributed by atoms with E-state index in [0.717, 1.165) is 5.56 Å². The van der Waals surface area contributed by atoms with Gasteiger partial charge in [-0.2, -0.15) is 0 Å². The molecule has 0 aliphatic rings. The van der Waals surface area contributed by atoms with Crippen LogP contribution in [0.4, 0.5) is 0 Å². The molecular formula is C10H12ClNO4. The Kier molecular flexibility index (Phi) is 5.49. The molecule has 0 fully saturated rings. The molecule has 5 nitrogen and oxygen atoms in total. The summed E-state index contributed by atoms with van der Waals surface area (Å²) in [4.78, 5) is 21.5. The van der Waals surface area contributed by atoms with Gasteiger partial charge in [-0.1, -0.05) is 6.07 Å². The number of carboxylic acids is 2. The molecule has 0 aliphatic carbocycles. The second-order valence-corrected chi connectivity index (χ2v) is 3.03. The maximum atomic E-state index is 10.8. The highest BCUT2D eigenvalue weighted by Crippen LogP contribution is 2.12. The zero-order chi connectivity index (χ0) is 11.4. The summed E-state index contributed by atoms with van der Waals surface area (Å²) in [5.74, 6) is -2.49. The van der Waals surface area contributed by atoms with E-state index in [-0.39, 0.29) is 23.5 Å². The van der Waals surface area contributed by atoms with Crippen molar-refractivity contribution in [2.45, 2.75) is 6.42 Å². The van der Waals surface area contributed by atoms with Crippen LogP contribution >= 0.6 is 12.4 Å². The number of hydrogen-bond acceptors (Lipinski definition) is 3. The second-order valence-electron chi connectivity index (χ2n) is 3.03. The smallest absolute Gasteiger partial charge is 0.336 e. The number of carboxylic acid groups (broad SMARTS) is 2. The first-order valence-electron chi connectivity index (χ1n) is 4.36. The van der Waals surface area contributed by atoms with Gasteiger partial charge in [-0.15, -0.1) is 12.4 Å². The molecule has 1 aromatic carbocycles. The van der Waals surface area contributed by atoms with Crippen LogP contribution in [0.5, 0.6) is 0 Å². The summed E-state index contributed by atoms with van der Waals surface area (Å²) in [7, 11) is 0. The van der Waals surface area contributed by atoms with Gasteiger partial charge in [-0.25, -0.2) is 9.59 Å². The Balaban J connectivity index is 0.00000225. The predicted molar refractivity (Wildman–Crippen MR) is 60.4 cm³/mol. The normalized spacial score (nSPS) is 9.31. The summed E-state index contributed by atoms with van der Waals surface area (Å²) in [5.41, 5.74) is 5.64. The van der Waals surface area contributed by atoms with Gasteiger partial charge in [0.25, 0.3) is 0 Å². The van der Waals surface area contributed by atoms with E-state index in [9.17, 15) is 9.59 Å². The Morgan fingerprint density at radius 1 is 1.12 bits per heavy atom. The quantitative estimate of drug-likeness (QED) is 0.735. The Morgan fingerprint density at radius 3 is 2.12 bits per heavy atom. The molecule has 0 bridgehead atoms. The van der Waals surface area contributed by atoms with Gasteiger partial charge in [0.05, 0.1) is 11.1 Å². The molecule has 0 radical (unpaired) electrons. The maximum absolute atomic E-state index is 10.8. The van der Waals surface area contributed by atoms with Gasteiger partial charge in [-0.05, 0) is 30.7 Å². The first-order chi connectivity index (χ1) is 7.06. The van der Waals surface area contributed by atoms with Gasteiger partial charge in [0.1, 0.15) is 0 Å². The van der Waals surface area contributed by atoms with E-state index >= 15 is 0 Å². The van der Waals surface area contributed by atoms with Crippen LogP contribution in [-0.4, -0.2) is 28.7 Å². The Morgan fingerprint density at radius 2 is 1.69 bits per heavy atom. The van der Waals surface area contributed by atoms with Crippen molar-refractivity contribution < 1.29 is 19.8 Å². The number of rotatable bonds is 4. The molecule has 0 amide bonds. The standard InChI is InChI=1S/C10H11NO4.ClH/c11-4-3-6-1-2-7(9(12)13)8(5-6)10(14)15;/h1-2,5H,3-4,11H2,(H,12,13)(H,14,15);1H. The summed E-state index contributed by atoms with van der Waals surface area (Å²) in [6, 6.07) is 4.21. The van der Waals surface area contributed by atoms with Crippen LogP contribution < -0.4 is 5.73 Å². The lowest BCUT2D eigenvalue weighted by Crippen LogP contribution is -2.10. The minimum absolute atomic E-state index is 0. The van der Waals surface area contributed by atoms with Crippen LogP contribution in [0, 0.1) is 0 Å². The third-order valence-electron chi connectivity index (χ3n) is 1.98. The highest BCUT2D eigenvalue weighted by Gasteiger charge is 2.15. The number of nitrogens with two attached hydrogens (primary N) is 1. The highest BCUT2D eigenvalue weighted by atomic mass is 35.5. The first kappa shape index (κ1) is 14.4. The second kappa shape index (κ2) is 6.09. The van der Waals surface area contributed by atoms with E-state index in [1.807, 2.05) is 0 Å². The lowest BCUT2D eigenvalue weighted by molar-refractivity contribution is 0.0651. The average Bonchev–Trinajstić information content (AvgIpc) is 2.17. The number of halogens is 1. The van der Waals surface area contributed by atoms with Crippen molar-refractivity contribution in [3.05, 3.63) is 34.9 Å². The predicted octanol–water partition coefficient (Wildman–Crippen LogP) is 1.01. The summed E-state index contributed by atoms with van der Waals surface area (Å²) < 4.78 is 0. The molecule has 0 aromatic heterocycles. The van der Waals surface area contributed by atoms with E-state index in [1.54, 1.807) is 6.07 Å². The SMILES string of the molecule is Cl.NCCc1ccc(C(=O)O)c(C(=O)O)c1. The van der Waals surface area contributed by atoms with Gasteiger partial charge in [0.15, 0.2) is 0 Å². The van der Waals surface area contributed by atoms with Crippen molar-refractivity contribution in [3.63, 3.8) is 0 Å². The number of aromatic carboxylic acids is 2. The summed E-state index contributed by atoms with van der Waals surface area (Å²) in [6.07, 6.45) is 0.528.